The van der Waals surface area contributed by atoms with E-state index in [1.54, 1.807) is 6.08 Å². The highest BCUT2D eigenvalue weighted by Crippen LogP contribution is 2.48. The third-order valence-corrected chi connectivity index (χ3v) is 7.35. The van der Waals surface area contributed by atoms with Gasteiger partial charge in [0, 0.05) is 29.4 Å². The molecule has 1 aliphatic heterocycles. The quantitative estimate of drug-likeness (QED) is 0.242. The lowest BCUT2D eigenvalue weighted by atomic mass is 9.69. The van der Waals surface area contributed by atoms with Gasteiger partial charge in [0.15, 0.2) is 10.9 Å². The average molecular weight is 500 g/mol. The molecule has 1 aromatic heterocycles. The number of Topliss-reactive ketones (excluding diaryl/α,β-unsaturated/α-hetero) is 1. The Hall–Kier alpha value is -3.58. The third kappa shape index (κ3) is 4.88. The number of allylic oxidation sites excluding steroid dienone is 2. The lowest BCUT2D eigenvalue weighted by Crippen LogP contribution is -2.37. The van der Waals surface area contributed by atoms with Crippen LogP contribution in [0, 0.1) is 5.41 Å². The average Bonchev–Trinajstić information content (AvgIpc) is 2.85. The summed E-state index contributed by atoms with van der Waals surface area (Å²) in [5.41, 5.74) is 3.45. The summed E-state index contributed by atoms with van der Waals surface area (Å²) in [5.74, 6) is 1.37. The van der Waals surface area contributed by atoms with E-state index in [0.717, 1.165) is 16.8 Å². The highest BCUT2D eigenvalue weighted by atomic mass is 32.2. The van der Waals surface area contributed by atoms with Gasteiger partial charge in [-0.15, -0.1) is 6.58 Å². The van der Waals surface area contributed by atoms with Crippen LogP contribution in [0.3, 0.4) is 0 Å². The van der Waals surface area contributed by atoms with Gasteiger partial charge in [0.25, 0.3) is 5.56 Å². The highest BCUT2D eigenvalue weighted by molar-refractivity contribution is 7.99. The smallest absolute Gasteiger partial charge is 0.257 e. The van der Waals surface area contributed by atoms with Gasteiger partial charge in [-0.05, 0) is 35.1 Å². The van der Waals surface area contributed by atoms with Crippen LogP contribution < -0.4 is 15.6 Å². The van der Waals surface area contributed by atoms with E-state index in [2.05, 4.69) is 30.7 Å². The molecule has 2 aliphatic rings. The molecule has 0 saturated heterocycles. The summed E-state index contributed by atoms with van der Waals surface area (Å²) in [4.78, 5) is 34.5. The summed E-state index contributed by atoms with van der Waals surface area (Å²) in [7, 11) is 0. The number of fused-ring (bicyclic) bond motifs is 1. The minimum Gasteiger partial charge on any atom is -0.489 e. The molecule has 184 valence electrons. The molecule has 36 heavy (non-hydrogen) atoms. The topological polar surface area (TPSA) is 84.1 Å². The normalized spacial score (nSPS) is 18.2. The second kappa shape index (κ2) is 9.82. The molecule has 0 amide bonds. The van der Waals surface area contributed by atoms with Gasteiger partial charge in [0.05, 0.1) is 5.56 Å². The number of nitrogens with zero attached hydrogens (tertiary/aromatic N) is 1. The number of hydrogen-bond acceptors (Lipinski definition) is 6. The molecular formula is C29H29N3O3S. The van der Waals surface area contributed by atoms with Crippen molar-refractivity contribution in [2.75, 3.05) is 11.1 Å². The molecule has 3 aromatic rings. The molecule has 2 N–H and O–H groups in total. The van der Waals surface area contributed by atoms with Gasteiger partial charge in [-0.2, -0.15) is 0 Å². The first-order chi connectivity index (χ1) is 17.3. The fourth-order valence-electron chi connectivity index (χ4n) is 4.96. The number of carbonyl (C=O) groups is 1. The van der Waals surface area contributed by atoms with Crippen LogP contribution in [0.1, 0.15) is 49.3 Å². The van der Waals surface area contributed by atoms with E-state index in [4.69, 9.17) is 9.72 Å². The molecule has 0 bridgehead atoms. The predicted molar refractivity (Wildman–Crippen MR) is 144 cm³/mol. The number of hydrogen-bond donors (Lipinski definition) is 2. The van der Waals surface area contributed by atoms with Crippen LogP contribution in [0.15, 0.2) is 88.5 Å². The molecule has 5 rings (SSSR count). The maximum Gasteiger partial charge on any atom is 0.257 e. The SMILES string of the molecule is C=CCSc1nc2c(c(=O)[nH]1)C(c1cccc(OCc3ccccc3)c1)C1=C(CC(C)(C)CC1=O)N2. The number of carbonyl (C=O) groups excluding carboxylic acids is 1. The maximum atomic E-state index is 13.5. The number of H-pyrrole nitrogens is 1. The number of rotatable bonds is 7. The van der Waals surface area contributed by atoms with Crippen molar-refractivity contribution in [1.29, 1.82) is 0 Å². The van der Waals surface area contributed by atoms with Gasteiger partial charge in [0.2, 0.25) is 0 Å². The minimum atomic E-state index is -0.519. The zero-order chi connectivity index (χ0) is 25.3. The fraction of sp³-hybridized carbons (Fsp3) is 0.276. The molecular weight excluding hydrogens is 470 g/mol. The number of thioether (sulfide) groups is 1. The molecule has 0 fully saturated rings. The van der Waals surface area contributed by atoms with E-state index >= 15 is 0 Å². The summed E-state index contributed by atoms with van der Waals surface area (Å²) in [6.45, 7) is 8.36. The van der Waals surface area contributed by atoms with E-state index < -0.39 is 5.92 Å². The Bertz CT molecular complexity index is 1410. The van der Waals surface area contributed by atoms with E-state index in [-0.39, 0.29) is 16.8 Å². The fourth-order valence-corrected chi connectivity index (χ4v) is 5.55. The number of aromatic amines is 1. The van der Waals surface area contributed by atoms with Crippen LogP contribution >= 0.6 is 11.8 Å². The molecule has 7 heteroatoms. The number of nitrogens with one attached hydrogen (secondary N) is 2. The van der Waals surface area contributed by atoms with Gasteiger partial charge in [-0.1, -0.05) is 74.1 Å². The summed E-state index contributed by atoms with van der Waals surface area (Å²) in [6, 6.07) is 17.6. The Balaban J connectivity index is 1.58. The van der Waals surface area contributed by atoms with Crippen LogP contribution in [0.2, 0.25) is 0 Å². The molecule has 0 spiro atoms. The van der Waals surface area contributed by atoms with Crippen molar-refractivity contribution in [3.63, 3.8) is 0 Å². The number of anilines is 1. The second-order valence-corrected chi connectivity index (χ2v) is 11.0. The van der Waals surface area contributed by atoms with Crippen molar-refractivity contribution >= 4 is 23.4 Å². The van der Waals surface area contributed by atoms with Gasteiger partial charge < -0.3 is 15.0 Å². The summed E-state index contributed by atoms with van der Waals surface area (Å²) in [5, 5.41) is 3.88. The first-order valence-corrected chi connectivity index (χ1v) is 13.0. The summed E-state index contributed by atoms with van der Waals surface area (Å²) < 4.78 is 6.07. The zero-order valence-corrected chi connectivity index (χ0v) is 21.3. The van der Waals surface area contributed by atoms with Crippen LogP contribution in [-0.2, 0) is 11.4 Å². The van der Waals surface area contributed by atoms with Crippen molar-refractivity contribution in [1.82, 2.24) is 9.97 Å². The van der Waals surface area contributed by atoms with Gasteiger partial charge in [-0.25, -0.2) is 4.98 Å². The Morgan fingerprint density at radius 2 is 1.94 bits per heavy atom. The van der Waals surface area contributed by atoms with E-state index in [1.165, 1.54) is 11.8 Å². The van der Waals surface area contributed by atoms with E-state index in [9.17, 15) is 9.59 Å². The van der Waals surface area contributed by atoms with E-state index in [1.807, 2.05) is 54.6 Å². The second-order valence-electron chi connectivity index (χ2n) is 9.97. The minimum absolute atomic E-state index is 0.0597. The Morgan fingerprint density at radius 1 is 1.14 bits per heavy atom. The largest absolute Gasteiger partial charge is 0.489 e. The molecule has 2 heterocycles. The first kappa shape index (κ1) is 24.1. The Labute approximate surface area is 214 Å². The van der Waals surface area contributed by atoms with Gasteiger partial charge >= 0.3 is 0 Å². The summed E-state index contributed by atoms with van der Waals surface area (Å²) >= 11 is 1.41. The van der Waals surface area contributed by atoms with Crippen molar-refractivity contribution in [3.8, 4) is 5.75 Å². The van der Waals surface area contributed by atoms with Crippen molar-refractivity contribution in [2.24, 2.45) is 5.41 Å². The maximum absolute atomic E-state index is 13.5. The van der Waals surface area contributed by atoms with Crippen LogP contribution in [0.4, 0.5) is 5.82 Å². The zero-order valence-electron chi connectivity index (χ0n) is 20.5. The molecule has 6 nitrogen and oxygen atoms in total. The summed E-state index contributed by atoms with van der Waals surface area (Å²) in [6.07, 6.45) is 2.91. The van der Waals surface area contributed by atoms with Crippen LogP contribution in [0.25, 0.3) is 0 Å². The number of ether oxygens (including phenoxy) is 1. The lowest BCUT2D eigenvalue weighted by Gasteiger charge is -2.38. The van der Waals surface area contributed by atoms with Crippen molar-refractivity contribution in [3.05, 3.63) is 106 Å². The highest BCUT2D eigenvalue weighted by Gasteiger charge is 2.42. The molecule has 1 aliphatic carbocycles. The number of benzene rings is 2. The molecule has 1 atom stereocenters. The molecule has 0 radical (unpaired) electrons. The standard InChI is InChI=1S/C29H29N3O3S/c1-4-13-36-28-31-26-25(27(34)32-28)23(24-21(30-26)15-29(2,3)16-22(24)33)19-11-8-12-20(14-19)35-17-18-9-6-5-7-10-18/h4-12,14,23H,1,13,15-17H2,2-3H3,(H2,30,31,32,34). The van der Waals surface area contributed by atoms with E-state index in [0.29, 0.717) is 53.1 Å². The number of ketones is 1. The van der Waals surface area contributed by atoms with Crippen LogP contribution in [-0.4, -0.2) is 21.5 Å². The molecule has 0 saturated carbocycles. The van der Waals surface area contributed by atoms with Crippen LogP contribution in [0.5, 0.6) is 5.75 Å². The van der Waals surface area contributed by atoms with Crippen molar-refractivity contribution < 1.29 is 9.53 Å². The molecule has 1 unspecified atom stereocenters. The Kier molecular flexibility index (Phi) is 6.58. The lowest BCUT2D eigenvalue weighted by molar-refractivity contribution is -0.118. The first-order valence-electron chi connectivity index (χ1n) is 12.0. The predicted octanol–water partition coefficient (Wildman–Crippen LogP) is 5.83. The molecule has 2 aromatic carbocycles. The van der Waals surface area contributed by atoms with Crippen molar-refractivity contribution in [2.45, 2.75) is 44.4 Å². The third-order valence-electron chi connectivity index (χ3n) is 6.48. The monoisotopic (exact) mass is 499 g/mol. The van der Waals surface area contributed by atoms with Gasteiger partial charge in [0.1, 0.15) is 18.2 Å². The number of aromatic nitrogens is 2. The Morgan fingerprint density at radius 3 is 2.72 bits per heavy atom. The van der Waals surface area contributed by atoms with Gasteiger partial charge in [-0.3, -0.25) is 9.59 Å².